The lowest BCUT2D eigenvalue weighted by atomic mass is 9.82. The summed E-state index contributed by atoms with van der Waals surface area (Å²) < 4.78 is 0. The van der Waals surface area contributed by atoms with E-state index in [1.54, 1.807) is 0 Å². The zero-order valence-corrected chi connectivity index (χ0v) is 37.6. The first-order chi connectivity index (χ1) is 33.0. The SMILES string of the molecule is CC1(C)c2ccccc2-c2ccc(N(c3ccc(-c4ccccc4)cc3)c3ccc(-c4ccc(N(c5ccc6ccc7ccccc7c6c5)c5ccccc5-c5ccccc5)cc4)cc3)cc21. The number of nitrogens with zero attached hydrogens (tertiary/aromatic N) is 2. The van der Waals surface area contributed by atoms with E-state index in [1.807, 2.05) is 0 Å². The van der Waals surface area contributed by atoms with E-state index in [2.05, 4.69) is 278 Å². The molecule has 11 aromatic carbocycles. The van der Waals surface area contributed by atoms with Gasteiger partial charge in [0.1, 0.15) is 0 Å². The molecular formula is C65H48N2. The maximum Gasteiger partial charge on any atom is 0.0540 e. The summed E-state index contributed by atoms with van der Waals surface area (Å²) in [4.78, 5) is 4.81. The lowest BCUT2D eigenvalue weighted by molar-refractivity contribution is 0.660. The van der Waals surface area contributed by atoms with Gasteiger partial charge in [0.25, 0.3) is 0 Å². The fraction of sp³-hybridized carbons (Fsp3) is 0.0462. The molecule has 318 valence electrons. The predicted molar refractivity (Wildman–Crippen MR) is 285 cm³/mol. The van der Waals surface area contributed by atoms with E-state index in [4.69, 9.17) is 0 Å². The van der Waals surface area contributed by atoms with Crippen LogP contribution >= 0.6 is 0 Å². The second-order valence-corrected chi connectivity index (χ2v) is 18.2. The van der Waals surface area contributed by atoms with Crippen LogP contribution in [0.1, 0.15) is 25.0 Å². The Bertz CT molecular complexity index is 3570. The zero-order chi connectivity index (χ0) is 44.9. The Morgan fingerprint density at radius 3 is 1.36 bits per heavy atom. The molecule has 2 heteroatoms. The second-order valence-electron chi connectivity index (χ2n) is 18.2. The minimum absolute atomic E-state index is 0.108. The van der Waals surface area contributed by atoms with Crippen LogP contribution in [-0.4, -0.2) is 0 Å². The van der Waals surface area contributed by atoms with E-state index in [9.17, 15) is 0 Å². The van der Waals surface area contributed by atoms with Gasteiger partial charge in [-0.2, -0.15) is 0 Å². The van der Waals surface area contributed by atoms with Crippen LogP contribution in [0, 0.1) is 0 Å². The molecule has 0 amide bonds. The molecule has 0 N–H and O–H groups in total. The van der Waals surface area contributed by atoms with Gasteiger partial charge < -0.3 is 9.80 Å². The lowest BCUT2D eigenvalue weighted by Crippen LogP contribution is -2.16. The highest BCUT2D eigenvalue weighted by atomic mass is 15.1. The largest absolute Gasteiger partial charge is 0.310 e. The molecule has 12 rings (SSSR count). The van der Waals surface area contributed by atoms with Crippen molar-refractivity contribution < 1.29 is 0 Å². The van der Waals surface area contributed by atoms with E-state index in [0.29, 0.717) is 0 Å². The summed E-state index contributed by atoms with van der Waals surface area (Å²) >= 11 is 0. The quantitative estimate of drug-likeness (QED) is 0.133. The van der Waals surface area contributed by atoms with Crippen molar-refractivity contribution in [3.8, 4) is 44.5 Å². The minimum atomic E-state index is -0.108. The van der Waals surface area contributed by atoms with Crippen molar-refractivity contribution in [2.75, 3.05) is 9.80 Å². The highest BCUT2D eigenvalue weighted by Gasteiger charge is 2.35. The van der Waals surface area contributed by atoms with Gasteiger partial charge in [0, 0.05) is 39.4 Å². The van der Waals surface area contributed by atoms with Crippen LogP contribution in [0.5, 0.6) is 0 Å². The van der Waals surface area contributed by atoms with Gasteiger partial charge in [0.15, 0.2) is 0 Å². The molecule has 0 unspecified atom stereocenters. The average Bonchev–Trinajstić information content (AvgIpc) is 3.62. The Kier molecular flexibility index (Phi) is 9.88. The number of benzene rings is 11. The Balaban J connectivity index is 0.925. The summed E-state index contributed by atoms with van der Waals surface area (Å²) in [5.41, 5.74) is 19.1. The van der Waals surface area contributed by atoms with Crippen LogP contribution in [0.3, 0.4) is 0 Å². The lowest BCUT2D eigenvalue weighted by Gasteiger charge is -2.29. The standard InChI is InChI=1S/C65H48N2/c1-65(2)62-23-13-11-22-59(62)60-42-41-56(44-63(60)65)66(52-34-27-46(28-35-52)45-15-5-3-6-16-45)53-36-29-47(30-37-53)48-31-38-54(39-32-48)67(64-24-14-12-21-58(64)49-17-7-4-8-18-49)55-40-33-51-26-25-50-19-9-10-20-57(50)61(51)43-55/h3-44H,1-2H3. The molecular weight excluding hydrogens is 809 g/mol. The van der Waals surface area contributed by atoms with Crippen molar-refractivity contribution in [1.29, 1.82) is 0 Å². The zero-order valence-electron chi connectivity index (χ0n) is 37.6. The summed E-state index contributed by atoms with van der Waals surface area (Å²) in [5.74, 6) is 0. The van der Waals surface area contributed by atoms with Crippen LogP contribution in [0.15, 0.2) is 255 Å². The van der Waals surface area contributed by atoms with E-state index in [1.165, 1.54) is 66.1 Å². The fourth-order valence-electron chi connectivity index (χ4n) is 10.4. The molecule has 1 aliphatic rings. The normalized spacial score (nSPS) is 12.4. The number of para-hydroxylation sites is 1. The number of anilines is 6. The molecule has 0 heterocycles. The van der Waals surface area contributed by atoms with Crippen LogP contribution in [0.4, 0.5) is 34.1 Å². The first-order valence-corrected chi connectivity index (χ1v) is 23.2. The number of rotatable bonds is 9. The molecule has 0 spiro atoms. The molecule has 0 saturated carbocycles. The monoisotopic (exact) mass is 856 g/mol. The van der Waals surface area contributed by atoms with Gasteiger partial charge in [-0.05, 0) is 138 Å². The van der Waals surface area contributed by atoms with Crippen molar-refractivity contribution in [1.82, 2.24) is 0 Å². The summed E-state index contributed by atoms with van der Waals surface area (Å²) in [6, 6.07) is 93.1. The molecule has 0 bridgehead atoms. The smallest absolute Gasteiger partial charge is 0.0540 e. The van der Waals surface area contributed by atoms with Gasteiger partial charge in [0.2, 0.25) is 0 Å². The first-order valence-electron chi connectivity index (χ1n) is 23.2. The van der Waals surface area contributed by atoms with Crippen molar-refractivity contribution in [3.63, 3.8) is 0 Å². The Morgan fingerprint density at radius 1 is 0.269 bits per heavy atom. The number of hydrogen-bond acceptors (Lipinski definition) is 2. The van der Waals surface area contributed by atoms with Gasteiger partial charge in [-0.3, -0.25) is 0 Å². The summed E-state index contributed by atoms with van der Waals surface area (Å²) in [7, 11) is 0. The van der Waals surface area contributed by atoms with Crippen molar-refractivity contribution in [2.45, 2.75) is 19.3 Å². The third kappa shape index (κ3) is 7.15. The van der Waals surface area contributed by atoms with Crippen molar-refractivity contribution in [2.24, 2.45) is 0 Å². The third-order valence-corrected chi connectivity index (χ3v) is 13.9. The Labute approximate surface area is 393 Å². The molecule has 2 nitrogen and oxygen atoms in total. The second kappa shape index (κ2) is 16.5. The van der Waals surface area contributed by atoms with Gasteiger partial charge in [0.05, 0.1) is 5.69 Å². The van der Waals surface area contributed by atoms with E-state index in [0.717, 1.165) is 45.3 Å². The molecule has 0 saturated heterocycles. The summed E-state index contributed by atoms with van der Waals surface area (Å²) in [6.45, 7) is 4.71. The molecule has 0 fully saturated rings. The Hall–Kier alpha value is -8.46. The van der Waals surface area contributed by atoms with Gasteiger partial charge in [-0.1, -0.05) is 202 Å². The molecule has 67 heavy (non-hydrogen) atoms. The minimum Gasteiger partial charge on any atom is -0.310 e. The molecule has 0 aliphatic heterocycles. The molecule has 0 radical (unpaired) electrons. The van der Waals surface area contributed by atoms with Crippen LogP contribution in [-0.2, 0) is 5.41 Å². The molecule has 1 aliphatic carbocycles. The van der Waals surface area contributed by atoms with Crippen molar-refractivity contribution in [3.05, 3.63) is 266 Å². The Morgan fingerprint density at radius 2 is 0.701 bits per heavy atom. The summed E-state index contributed by atoms with van der Waals surface area (Å²) in [5, 5.41) is 4.96. The number of fused-ring (bicyclic) bond motifs is 6. The first kappa shape index (κ1) is 40.1. The molecule has 0 aromatic heterocycles. The maximum absolute atomic E-state index is 2.41. The van der Waals surface area contributed by atoms with E-state index in [-0.39, 0.29) is 5.41 Å². The van der Waals surface area contributed by atoms with Gasteiger partial charge >= 0.3 is 0 Å². The van der Waals surface area contributed by atoms with Gasteiger partial charge in [-0.15, -0.1) is 0 Å². The van der Waals surface area contributed by atoms with Crippen LogP contribution < -0.4 is 9.80 Å². The van der Waals surface area contributed by atoms with Crippen LogP contribution in [0.2, 0.25) is 0 Å². The molecule has 11 aromatic rings. The number of hydrogen-bond donors (Lipinski definition) is 0. The van der Waals surface area contributed by atoms with E-state index < -0.39 is 0 Å². The molecule has 0 atom stereocenters. The predicted octanol–water partition coefficient (Wildman–Crippen LogP) is 18.2. The van der Waals surface area contributed by atoms with E-state index >= 15 is 0 Å². The van der Waals surface area contributed by atoms with Gasteiger partial charge in [-0.25, -0.2) is 0 Å². The maximum atomic E-state index is 2.41. The highest BCUT2D eigenvalue weighted by Crippen LogP contribution is 2.51. The topological polar surface area (TPSA) is 6.48 Å². The highest BCUT2D eigenvalue weighted by molar-refractivity contribution is 6.09. The summed E-state index contributed by atoms with van der Waals surface area (Å²) in [6.07, 6.45) is 0. The third-order valence-electron chi connectivity index (χ3n) is 13.9. The van der Waals surface area contributed by atoms with Crippen LogP contribution in [0.25, 0.3) is 66.1 Å². The fourth-order valence-corrected chi connectivity index (χ4v) is 10.4. The average molecular weight is 857 g/mol. The van der Waals surface area contributed by atoms with Crippen molar-refractivity contribution >= 4 is 55.7 Å².